The number of carbonyl (C=O) groups is 4. The molecule has 9 rings (SSSR count). The number of hydrogen-bond donors (Lipinski definition) is 1. The van der Waals surface area contributed by atoms with Crippen LogP contribution in [0.1, 0.15) is 29.9 Å². The Kier molecular flexibility index (Phi) is 7.35. The van der Waals surface area contributed by atoms with Crippen LogP contribution in [0.5, 0.6) is 5.75 Å². The molecule has 2 aliphatic heterocycles. The zero-order valence-corrected chi connectivity index (χ0v) is 29.4. The summed E-state index contributed by atoms with van der Waals surface area (Å²) in [6.45, 7) is 0. The van der Waals surface area contributed by atoms with Crippen LogP contribution in [0.3, 0.4) is 0 Å². The molecule has 0 unspecified atom stereocenters. The standard InChI is InChI=1S/C42H30BrClN2O5/c43-25-14-16-27(17-15-25)45-38(48)31-19-18-30-32(35(31)40(45)50)22-33-39(49)46(28-11-6-10-26(44)21-28)41(51)42(33,24-8-2-1-3-9-24)37(30)36-29-12-5-4-7-23(29)13-20-34(36)47/h1-18,20-21,31-33,35,37,47H,19,22H2/t31-,32+,33-,35-,37+,42+/m0/s1. The van der Waals surface area contributed by atoms with Crippen LogP contribution in [-0.4, -0.2) is 28.7 Å². The second-order valence-corrected chi connectivity index (χ2v) is 15.2. The Morgan fingerprint density at radius 2 is 1.47 bits per heavy atom. The highest BCUT2D eigenvalue weighted by Gasteiger charge is 2.70. The number of carbonyl (C=O) groups excluding carboxylic acids is 4. The van der Waals surface area contributed by atoms with E-state index in [0.717, 1.165) is 20.8 Å². The Balaban J connectivity index is 1.31. The molecule has 2 heterocycles. The highest BCUT2D eigenvalue weighted by Crippen LogP contribution is 2.66. The summed E-state index contributed by atoms with van der Waals surface area (Å²) in [5.74, 6) is -5.14. The average Bonchev–Trinajstić information content (AvgIpc) is 3.53. The normalized spacial score (nSPS) is 27.0. The van der Waals surface area contributed by atoms with Crippen molar-refractivity contribution in [3.05, 3.63) is 148 Å². The fourth-order valence-corrected chi connectivity index (χ4v) is 9.94. The Morgan fingerprint density at radius 1 is 0.725 bits per heavy atom. The smallest absolute Gasteiger partial charge is 0.246 e. The van der Waals surface area contributed by atoms with Gasteiger partial charge in [0.05, 0.1) is 34.5 Å². The second kappa shape index (κ2) is 11.8. The van der Waals surface area contributed by atoms with Crippen molar-refractivity contribution in [2.24, 2.45) is 23.7 Å². The van der Waals surface area contributed by atoms with E-state index >= 15 is 9.59 Å². The van der Waals surface area contributed by atoms with E-state index in [4.69, 9.17) is 11.6 Å². The lowest BCUT2D eigenvalue weighted by Gasteiger charge is -2.51. The van der Waals surface area contributed by atoms with Gasteiger partial charge in [-0.1, -0.05) is 106 Å². The third kappa shape index (κ3) is 4.49. The molecule has 4 amide bonds. The molecule has 1 N–H and O–H groups in total. The van der Waals surface area contributed by atoms with E-state index in [-0.39, 0.29) is 30.4 Å². The van der Waals surface area contributed by atoms with Gasteiger partial charge in [-0.05, 0) is 83.6 Å². The number of fused-ring (bicyclic) bond motifs is 5. The number of rotatable bonds is 4. The SMILES string of the molecule is O=C1[C@H]2[C@H](CC=C3[C@H]2C[C@H]2C(=O)N(c4cccc(Cl)c4)C(=O)[C@@]2(c2ccccc2)[C@H]3c2c(O)ccc3ccccc23)C(=O)N1c1ccc(Br)cc1. The first kappa shape index (κ1) is 31.9. The van der Waals surface area contributed by atoms with Crippen molar-refractivity contribution >= 4 is 73.3 Å². The van der Waals surface area contributed by atoms with Gasteiger partial charge in [-0.25, -0.2) is 4.90 Å². The Bertz CT molecular complexity index is 2340. The predicted octanol–water partition coefficient (Wildman–Crippen LogP) is 8.33. The highest BCUT2D eigenvalue weighted by atomic mass is 79.9. The molecule has 3 fully saturated rings. The number of benzene rings is 5. The molecular weight excluding hydrogens is 728 g/mol. The van der Waals surface area contributed by atoms with Gasteiger partial charge in [0.2, 0.25) is 23.6 Å². The summed E-state index contributed by atoms with van der Waals surface area (Å²) in [4.78, 5) is 61.7. The molecule has 0 radical (unpaired) electrons. The molecule has 1 saturated carbocycles. The van der Waals surface area contributed by atoms with Crippen molar-refractivity contribution in [2.75, 3.05) is 9.80 Å². The summed E-state index contributed by atoms with van der Waals surface area (Å²) in [5, 5.41) is 13.9. The summed E-state index contributed by atoms with van der Waals surface area (Å²) in [6.07, 6.45) is 2.46. The quantitative estimate of drug-likeness (QED) is 0.147. The number of halogens is 2. The molecule has 0 spiro atoms. The van der Waals surface area contributed by atoms with Gasteiger partial charge < -0.3 is 5.11 Å². The summed E-state index contributed by atoms with van der Waals surface area (Å²) in [6, 6.07) is 34.2. The van der Waals surface area contributed by atoms with E-state index in [1.807, 2.05) is 66.7 Å². The van der Waals surface area contributed by atoms with Gasteiger partial charge in [-0.15, -0.1) is 0 Å². The van der Waals surface area contributed by atoms with Crippen LogP contribution < -0.4 is 9.80 Å². The Morgan fingerprint density at radius 3 is 2.24 bits per heavy atom. The number of phenols is 1. The third-order valence-electron chi connectivity index (χ3n) is 11.5. The van der Waals surface area contributed by atoms with Crippen LogP contribution in [0.25, 0.3) is 10.8 Å². The zero-order chi connectivity index (χ0) is 35.2. The van der Waals surface area contributed by atoms with Gasteiger partial charge in [0.1, 0.15) is 5.75 Å². The molecule has 5 aromatic carbocycles. The van der Waals surface area contributed by atoms with Crippen molar-refractivity contribution in [3.63, 3.8) is 0 Å². The lowest BCUT2D eigenvalue weighted by atomic mass is 9.48. The molecule has 0 aromatic heterocycles. The minimum absolute atomic E-state index is 0.0109. The third-order valence-corrected chi connectivity index (χ3v) is 12.3. The van der Waals surface area contributed by atoms with Crippen LogP contribution in [0.2, 0.25) is 5.02 Å². The number of aromatic hydroxyl groups is 1. The first-order valence-corrected chi connectivity index (χ1v) is 18.1. The fraction of sp³-hybridized carbons (Fsp3) is 0.190. The number of allylic oxidation sites excluding steroid dienone is 2. The lowest BCUT2D eigenvalue weighted by Crippen LogP contribution is -2.53. The van der Waals surface area contributed by atoms with E-state index in [1.165, 1.54) is 9.80 Å². The number of amides is 4. The molecule has 2 aliphatic carbocycles. The molecule has 7 nitrogen and oxygen atoms in total. The van der Waals surface area contributed by atoms with Gasteiger partial charge in [0.25, 0.3) is 0 Å². The van der Waals surface area contributed by atoms with Crippen molar-refractivity contribution in [1.29, 1.82) is 0 Å². The molecule has 0 bridgehead atoms. The maximum atomic E-state index is 15.5. The summed E-state index contributed by atoms with van der Waals surface area (Å²) in [7, 11) is 0. The summed E-state index contributed by atoms with van der Waals surface area (Å²) in [5.41, 5.74) is 1.30. The van der Waals surface area contributed by atoms with Crippen molar-refractivity contribution in [2.45, 2.75) is 24.2 Å². The molecule has 4 aliphatic rings. The number of imide groups is 2. The number of hydrogen-bond acceptors (Lipinski definition) is 5. The fourth-order valence-electron chi connectivity index (χ4n) is 9.49. The van der Waals surface area contributed by atoms with Gasteiger partial charge >= 0.3 is 0 Å². The molecule has 252 valence electrons. The van der Waals surface area contributed by atoms with Gasteiger partial charge in [-0.3, -0.25) is 24.1 Å². The van der Waals surface area contributed by atoms with Crippen molar-refractivity contribution in [3.8, 4) is 5.75 Å². The Hall–Kier alpha value is -5.05. The van der Waals surface area contributed by atoms with Gasteiger partial charge in [0.15, 0.2) is 0 Å². The van der Waals surface area contributed by atoms with E-state index in [1.54, 1.807) is 54.6 Å². The van der Waals surface area contributed by atoms with Crippen LogP contribution in [0, 0.1) is 23.7 Å². The Labute approximate surface area is 307 Å². The molecule has 6 atom stereocenters. The molecule has 51 heavy (non-hydrogen) atoms. The minimum Gasteiger partial charge on any atom is -0.508 e. The van der Waals surface area contributed by atoms with Crippen LogP contribution in [-0.2, 0) is 24.6 Å². The maximum Gasteiger partial charge on any atom is 0.246 e. The van der Waals surface area contributed by atoms with Crippen LogP contribution in [0.4, 0.5) is 11.4 Å². The molecule has 5 aromatic rings. The van der Waals surface area contributed by atoms with Crippen LogP contribution in [0.15, 0.2) is 131 Å². The summed E-state index contributed by atoms with van der Waals surface area (Å²) >= 11 is 9.87. The van der Waals surface area contributed by atoms with E-state index < -0.39 is 46.8 Å². The minimum atomic E-state index is -1.49. The number of phenolic OH excluding ortho intramolecular Hbond substituents is 1. The molecule has 2 saturated heterocycles. The van der Waals surface area contributed by atoms with Gasteiger partial charge in [-0.2, -0.15) is 0 Å². The van der Waals surface area contributed by atoms with Crippen molar-refractivity contribution in [1.82, 2.24) is 0 Å². The van der Waals surface area contributed by atoms with Crippen molar-refractivity contribution < 1.29 is 24.3 Å². The lowest BCUT2D eigenvalue weighted by molar-refractivity contribution is -0.127. The maximum absolute atomic E-state index is 15.5. The number of nitrogens with zero attached hydrogens (tertiary/aromatic N) is 2. The average molecular weight is 758 g/mol. The van der Waals surface area contributed by atoms with Crippen LogP contribution >= 0.6 is 27.5 Å². The molecular formula is C42H30BrClN2O5. The second-order valence-electron chi connectivity index (χ2n) is 13.8. The molecule has 9 heteroatoms. The number of anilines is 2. The zero-order valence-electron chi connectivity index (χ0n) is 27.1. The summed E-state index contributed by atoms with van der Waals surface area (Å²) < 4.78 is 0.822. The monoisotopic (exact) mass is 756 g/mol. The van der Waals surface area contributed by atoms with Gasteiger partial charge in [0, 0.05) is 21.0 Å². The van der Waals surface area contributed by atoms with E-state index in [2.05, 4.69) is 15.9 Å². The topological polar surface area (TPSA) is 95.0 Å². The first-order chi connectivity index (χ1) is 24.7. The largest absolute Gasteiger partial charge is 0.508 e. The first-order valence-electron chi connectivity index (χ1n) is 16.9. The van der Waals surface area contributed by atoms with E-state index in [9.17, 15) is 14.7 Å². The predicted molar refractivity (Wildman–Crippen MR) is 198 cm³/mol. The van der Waals surface area contributed by atoms with E-state index in [0.29, 0.717) is 27.5 Å². The highest BCUT2D eigenvalue weighted by molar-refractivity contribution is 9.10.